The first kappa shape index (κ1) is 15.7. The highest BCUT2D eigenvalue weighted by Gasteiger charge is 2.25. The van der Waals surface area contributed by atoms with Crippen molar-refractivity contribution in [2.75, 3.05) is 13.1 Å². The van der Waals surface area contributed by atoms with Crippen LogP contribution in [0.4, 0.5) is 4.39 Å². The molecular weight excluding hydrogens is 291 g/mol. The van der Waals surface area contributed by atoms with E-state index in [0.29, 0.717) is 13.1 Å². The summed E-state index contributed by atoms with van der Waals surface area (Å²) in [5, 5.41) is 2.95. The average Bonchev–Trinajstić information content (AvgIpc) is 2.57. The quantitative estimate of drug-likeness (QED) is 0.941. The van der Waals surface area contributed by atoms with Crippen LogP contribution in [0.3, 0.4) is 0 Å². The Morgan fingerprint density at radius 1 is 1.26 bits per heavy atom. The van der Waals surface area contributed by atoms with Crippen molar-refractivity contribution in [1.29, 1.82) is 0 Å². The monoisotopic (exact) mass is 312 g/mol. The second kappa shape index (κ2) is 6.92. The van der Waals surface area contributed by atoms with Gasteiger partial charge in [0.1, 0.15) is 5.82 Å². The van der Waals surface area contributed by atoms with Gasteiger partial charge in [0.05, 0.1) is 6.54 Å². The average molecular weight is 312 g/mol. The summed E-state index contributed by atoms with van der Waals surface area (Å²) in [4.78, 5) is 14.3. The lowest BCUT2D eigenvalue weighted by atomic mass is 9.93. The maximum absolute atomic E-state index is 13.5. The lowest BCUT2D eigenvalue weighted by Gasteiger charge is -2.34. The Kier molecular flexibility index (Phi) is 4.72. The van der Waals surface area contributed by atoms with Crippen molar-refractivity contribution in [1.82, 2.24) is 10.2 Å². The van der Waals surface area contributed by atoms with E-state index in [1.807, 2.05) is 43.3 Å². The Morgan fingerprint density at radius 2 is 2.04 bits per heavy atom. The number of hydrogen-bond donors (Lipinski definition) is 1. The van der Waals surface area contributed by atoms with Gasteiger partial charge < -0.3 is 5.32 Å². The molecule has 1 atom stereocenters. The number of amides is 1. The zero-order valence-corrected chi connectivity index (χ0v) is 13.3. The van der Waals surface area contributed by atoms with E-state index in [2.05, 4.69) is 10.2 Å². The van der Waals surface area contributed by atoms with Gasteiger partial charge in [-0.3, -0.25) is 9.69 Å². The Labute approximate surface area is 136 Å². The van der Waals surface area contributed by atoms with E-state index in [9.17, 15) is 9.18 Å². The van der Waals surface area contributed by atoms with Crippen LogP contribution < -0.4 is 5.32 Å². The first-order valence-corrected chi connectivity index (χ1v) is 7.96. The second-order valence-electron chi connectivity index (χ2n) is 6.00. The number of nitrogens with zero attached hydrogens (tertiary/aromatic N) is 1. The minimum absolute atomic E-state index is 0.000515. The first-order valence-electron chi connectivity index (χ1n) is 7.96. The molecule has 0 saturated heterocycles. The van der Waals surface area contributed by atoms with Crippen molar-refractivity contribution in [3.05, 3.63) is 71.0 Å². The van der Waals surface area contributed by atoms with Gasteiger partial charge in [0.25, 0.3) is 0 Å². The number of benzene rings is 2. The topological polar surface area (TPSA) is 32.3 Å². The van der Waals surface area contributed by atoms with Crippen LogP contribution in [0.5, 0.6) is 0 Å². The van der Waals surface area contributed by atoms with Crippen LogP contribution in [-0.4, -0.2) is 23.9 Å². The Hall–Kier alpha value is -2.20. The molecule has 3 nitrogen and oxygen atoms in total. The van der Waals surface area contributed by atoms with Gasteiger partial charge in [0, 0.05) is 19.1 Å². The predicted octanol–water partition coefficient (Wildman–Crippen LogP) is 3.06. The standard InChI is InChI=1S/C19H21FN2O/c1-14-18-11-17(20)8-7-16(18)9-10-22(14)13-19(23)21-12-15-5-3-2-4-6-15/h2-8,11,14H,9-10,12-13H2,1H3,(H,21,23). The van der Waals surface area contributed by atoms with Crippen molar-refractivity contribution in [3.8, 4) is 0 Å². The van der Waals surface area contributed by atoms with E-state index in [-0.39, 0.29) is 17.8 Å². The minimum atomic E-state index is -0.217. The van der Waals surface area contributed by atoms with Crippen LogP contribution in [0.25, 0.3) is 0 Å². The van der Waals surface area contributed by atoms with Crippen LogP contribution in [0.15, 0.2) is 48.5 Å². The van der Waals surface area contributed by atoms with Gasteiger partial charge in [-0.05, 0) is 42.2 Å². The van der Waals surface area contributed by atoms with Gasteiger partial charge in [0.15, 0.2) is 0 Å². The van der Waals surface area contributed by atoms with E-state index >= 15 is 0 Å². The lowest BCUT2D eigenvalue weighted by molar-refractivity contribution is -0.123. The highest BCUT2D eigenvalue weighted by molar-refractivity contribution is 5.78. The van der Waals surface area contributed by atoms with Crippen LogP contribution in [0.2, 0.25) is 0 Å². The van der Waals surface area contributed by atoms with Crippen LogP contribution in [0, 0.1) is 5.82 Å². The Morgan fingerprint density at radius 3 is 2.83 bits per heavy atom. The molecule has 0 aliphatic carbocycles. The van der Waals surface area contributed by atoms with Crippen LogP contribution in [0.1, 0.15) is 29.7 Å². The number of carbonyl (C=O) groups excluding carboxylic acids is 1. The van der Waals surface area contributed by atoms with Gasteiger partial charge in [0.2, 0.25) is 5.91 Å². The molecule has 0 radical (unpaired) electrons. The second-order valence-corrected chi connectivity index (χ2v) is 6.00. The van der Waals surface area contributed by atoms with Crippen molar-refractivity contribution in [3.63, 3.8) is 0 Å². The smallest absolute Gasteiger partial charge is 0.234 e. The molecule has 4 heteroatoms. The molecule has 1 heterocycles. The summed E-state index contributed by atoms with van der Waals surface area (Å²) >= 11 is 0. The number of hydrogen-bond acceptors (Lipinski definition) is 2. The highest BCUT2D eigenvalue weighted by Crippen LogP contribution is 2.29. The van der Waals surface area contributed by atoms with Crippen LogP contribution >= 0.6 is 0 Å². The predicted molar refractivity (Wildman–Crippen MR) is 88.4 cm³/mol. The third kappa shape index (κ3) is 3.77. The summed E-state index contributed by atoms with van der Waals surface area (Å²) in [5.74, 6) is -0.216. The summed E-state index contributed by atoms with van der Waals surface area (Å²) in [7, 11) is 0. The Bertz CT molecular complexity index is 687. The SMILES string of the molecule is CC1c2cc(F)ccc2CCN1CC(=O)NCc1ccccc1. The maximum Gasteiger partial charge on any atom is 0.234 e. The molecule has 120 valence electrons. The fraction of sp³-hybridized carbons (Fsp3) is 0.316. The molecule has 0 bridgehead atoms. The molecule has 3 rings (SSSR count). The third-order valence-electron chi connectivity index (χ3n) is 4.45. The van der Waals surface area contributed by atoms with Crippen molar-refractivity contribution >= 4 is 5.91 Å². The third-order valence-corrected chi connectivity index (χ3v) is 4.45. The summed E-state index contributed by atoms with van der Waals surface area (Å²) in [6, 6.07) is 14.9. The van der Waals surface area contributed by atoms with Gasteiger partial charge >= 0.3 is 0 Å². The largest absolute Gasteiger partial charge is 0.351 e. The van der Waals surface area contributed by atoms with E-state index in [4.69, 9.17) is 0 Å². The van der Waals surface area contributed by atoms with Gasteiger partial charge in [-0.1, -0.05) is 36.4 Å². The fourth-order valence-corrected chi connectivity index (χ4v) is 3.09. The number of halogens is 1. The normalized spacial score (nSPS) is 17.6. The molecule has 1 unspecified atom stereocenters. The molecule has 1 aliphatic rings. The van der Waals surface area contributed by atoms with E-state index < -0.39 is 0 Å². The van der Waals surface area contributed by atoms with Crippen molar-refractivity contribution < 1.29 is 9.18 Å². The van der Waals surface area contributed by atoms with Crippen molar-refractivity contribution in [2.45, 2.75) is 25.9 Å². The molecular formula is C19H21FN2O. The van der Waals surface area contributed by atoms with Gasteiger partial charge in [-0.25, -0.2) is 4.39 Å². The van der Waals surface area contributed by atoms with Crippen LogP contribution in [-0.2, 0) is 17.8 Å². The molecule has 2 aromatic rings. The number of carbonyl (C=O) groups is 1. The molecule has 1 N–H and O–H groups in total. The summed E-state index contributed by atoms with van der Waals surface area (Å²) in [5.41, 5.74) is 3.26. The van der Waals surface area contributed by atoms with E-state index in [0.717, 1.165) is 24.1 Å². The number of fused-ring (bicyclic) bond motifs is 1. The maximum atomic E-state index is 13.5. The molecule has 0 spiro atoms. The summed E-state index contributed by atoms with van der Waals surface area (Å²) < 4.78 is 13.5. The molecule has 2 aromatic carbocycles. The minimum Gasteiger partial charge on any atom is -0.351 e. The molecule has 1 aliphatic heterocycles. The molecule has 0 saturated carbocycles. The zero-order valence-electron chi connectivity index (χ0n) is 13.3. The molecule has 1 amide bonds. The molecule has 23 heavy (non-hydrogen) atoms. The van der Waals surface area contributed by atoms with Gasteiger partial charge in [-0.15, -0.1) is 0 Å². The Balaban J connectivity index is 1.59. The van der Waals surface area contributed by atoms with E-state index in [1.54, 1.807) is 6.07 Å². The van der Waals surface area contributed by atoms with Crippen molar-refractivity contribution in [2.24, 2.45) is 0 Å². The molecule has 0 aromatic heterocycles. The number of nitrogens with one attached hydrogen (secondary N) is 1. The highest BCUT2D eigenvalue weighted by atomic mass is 19.1. The first-order chi connectivity index (χ1) is 11.1. The number of rotatable bonds is 4. The van der Waals surface area contributed by atoms with Gasteiger partial charge in [-0.2, -0.15) is 0 Å². The zero-order chi connectivity index (χ0) is 16.2. The lowest BCUT2D eigenvalue weighted by Crippen LogP contribution is -2.41. The fourth-order valence-electron chi connectivity index (χ4n) is 3.09. The molecule has 0 fully saturated rings. The van der Waals surface area contributed by atoms with E-state index in [1.165, 1.54) is 11.6 Å². The summed E-state index contributed by atoms with van der Waals surface area (Å²) in [6.45, 7) is 3.72. The summed E-state index contributed by atoms with van der Waals surface area (Å²) in [6.07, 6.45) is 0.853.